The van der Waals surface area contributed by atoms with Gasteiger partial charge in [-0.3, -0.25) is 4.79 Å². The van der Waals surface area contributed by atoms with E-state index in [0.29, 0.717) is 6.42 Å². The Kier molecular flexibility index (Phi) is 4.50. The third-order valence-corrected chi connectivity index (χ3v) is 2.06. The van der Waals surface area contributed by atoms with E-state index in [1.54, 1.807) is 0 Å². The SMILES string of the molecule is CC(=O)OC[C@@H]1C[C@@H](OC(C)C)[C@@H](O)O1. The fourth-order valence-corrected chi connectivity index (χ4v) is 1.51. The number of aliphatic hydroxyl groups is 1. The molecule has 0 aliphatic carbocycles. The molecule has 0 aromatic rings. The topological polar surface area (TPSA) is 65.0 Å². The number of carbonyl (C=O) groups excluding carboxylic acids is 1. The van der Waals surface area contributed by atoms with Crippen LogP contribution in [0.3, 0.4) is 0 Å². The molecule has 0 aromatic carbocycles. The van der Waals surface area contributed by atoms with Crippen molar-refractivity contribution in [2.45, 2.75) is 51.8 Å². The summed E-state index contributed by atoms with van der Waals surface area (Å²) < 4.78 is 15.4. The van der Waals surface area contributed by atoms with Crippen LogP contribution in [-0.2, 0) is 19.0 Å². The Bertz CT molecular complexity index is 216. The molecule has 1 heterocycles. The van der Waals surface area contributed by atoms with Crippen molar-refractivity contribution < 1.29 is 24.1 Å². The molecule has 5 heteroatoms. The lowest BCUT2D eigenvalue weighted by Gasteiger charge is -2.16. The first-order valence-electron chi connectivity index (χ1n) is 5.11. The van der Waals surface area contributed by atoms with E-state index >= 15 is 0 Å². The van der Waals surface area contributed by atoms with Crippen LogP contribution >= 0.6 is 0 Å². The molecule has 1 aliphatic heterocycles. The third-order valence-electron chi connectivity index (χ3n) is 2.06. The summed E-state index contributed by atoms with van der Waals surface area (Å²) in [7, 11) is 0. The van der Waals surface area contributed by atoms with Gasteiger partial charge in [0, 0.05) is 13.3 Å². The van der Waals surface area contributed by atoms with E-state index in [0.717, 1.165) is 0 Å². The predicted octanol–water partition coefficient (Wildman–Crippen LogP) is 0.450. The van der Waals surface area contributed by atoms with E-state index in [9.17, 15) is 9.90 Å². The van der Waals surface area contributed by atoms with Crippen molar-refractivity contribution in [1.29, 1.82) is 0 Å². The molecule has 1 N–H and O–H groups in total. The van der Waals surface area contributed by atoms with Gasteiger partial charge in [-0.2, -0.15) is 0 Å². The molecule has 0 spiro atoms. The molecular formula is C10H18O5. The number of carbonyl (C=O) groups is 1. The molecule has 3 atom stereocenters. The summed E-state index contributed by atoms with van der Waals surface area (Å²) in [6.07, 6.45) is -0.931. The highest BCUT2D eigenvalue weighted by Crippen LogP contribution is 2.22. The van der Waals surface area contributed by atoms with Crippen LogP contribution < -0.4 is 0 Å². The summed E-state index contributed by atoms with van der Waals surface area (Å²) in [5.41, 5.74) is 0. The van der Waals surface area contributed by atoms with Crippen molar-refractivity contribution in [3.05, 3.63) is 0 Å². The maximum Gasteiger partial charge on any atom is 0.302 e. The first-order valence-corrected chi connectivity index (χ1v) is 5.11. The first kappa shape index (κ1) is 12.4. The zero-order valence-corrected chi connectivity index (χ0v) is 9.30. The highest BCUT2D eigenvalue weighted by Gasteiger charge is 2.35. The monoisotopic (exact) mass is 218 g/mol. The summed E-state index contributed by atoms with van der Waals surface area (Å²) in [6.45, 7) is 5.30. The lowest BCUT2D eigenvalue weighted by molar-refractivity contribution is -0.163. The lowest BCUT2D eigenvalue weighted by Crippen LogP contribution is -2.26. The molecule has 0 radical (unpaired) electrons. The summed E-state index contributed by atoms with van der Waals surface area (Å²) in [5, 5.41) is 9.49. The number of esters is 1. The lowest BCUT2D eigenvalue weighted by atomic mass is 10.2. The summed E-state index contributed by atoms with van der Waals surface area (Å²) in [4.78, 5) is 10.6. The van der Waals surface area contributed by atoms with Crippen LogP contribution in [0.2, 0.25) is 0 Å². The van der Waals surface area contributed by atoms with Crippen LogP contribution in [-0.4, -0.2) is 42.3 Å². The molecule has 1 saturated heterocycles. The number of hydrogen-bond donors (Lipinski definition) is 1. The molecule has 15 heavy (non-hydrogen) atoms. The Morgan fingerprint density at radius 1 is 1.60 bits per heavy atom. The molecule has 88 valence electrons. The van der Waals surface area contributed by atoms with Gasteiger partial charge in [0.2, 0.25) is 0 Å². The Balaban J connectivity index is 2.31. The summed E-state index contributed by atoms with van der Waals surface area (Å²) in [6, 6.07) is 0. The largest absolute Gasteiger partial charge is 0.463 e. The quantitative estimate of drug-likeness (QED) is 0.694. The smallest absolute Gasteiger partial charge is 0.302 e. The van der Waals surface area contributed by atoms with Gasteiger partial charge in [0.25, 0.3) is 0 Å². The van der Waals surface area contributed by atoms with E-state index in [4.69, 9.17) is 14.2 Å². The fourth-order valence-electron chi connectivity index (χ4n) is 1.51. The highest BCUT2D eigenvalue weighted by atomic mass is 16.7. The zero-order valence-electron chi connectivity index (χ0n) is 9.30. The van der Waals surface area contributed by atoms with Gasteiger partial charge in [-0.25, -0.2) is 0 Å². The van der Waals surface area contributed by atoms with Crippen molar-refractivity contribution in [1.82, 2.24) is 0 Å². The Labute approximate surface area is 89.3 Å². The number of aliphatic hydroxyl groups excluding tert-OH is 1. The second kappa shape index (κ2) is 5.44. The molecule has 1 aliphatic rings. The van der Waals surface area contributed by atoms with Crippen molar-refractivity contribution >= 4 is 5.97 Å². The second-order valence-electron chi connectivity index (χ2n) is 3.91. The third kappa shape index (κ3) is 4.15. The van der Waals surface area contributed by atoms with Crippen LogP contribution in [0, 0.1) is 0 Å². The molecule has 0 unspecified atom stereocenters. The van der Waals surface area contributed by atoms with E-state index in [-0.39, 0.29) is 30.9 Å². The molecule has 1 rings (SSSR count). The van der Waals surface area contributed by atoms with E-state index < -0.39 is 6.29 Å². The van der Waals surface area contributed by atoms with Crippen LogP contribution in [0.25, 0.3) is 0 Å². The molecule has 0 bridgehead atoms. The highest BCUT2D eigenvalue weighted by molar-refractivity contribution is 5.65. The summed E-state index contributed by atoms with van der Waals surface area (Å²) >= 11 is 0. The minimum atomic E-state index is -0.923. The fraction of sp³-hybridized carbons (Fsp3) is 0.900. The van der Waals surface area contributed by atoms with Crippen LogP contribution in [0.4, 0.5) is 0 Å². The van der Waals surface area contributed by atoms with Gasteiger partial charge in [-0.05, 0) is 13.8 Å². The maximum absolute atomic E-state index is 10.6. The minimum Gasteiger partial charge on any atom is -0.463 e. The number of ether oxygens (including phenoxy) is 3. The minimum absolute atomic E-state index is 0.0423. The molecule has 0 saturated carbocycles. The van der Waals surface area contributed by atoms with E-state index in [1.165, 1.54) is 6.92 Å². The van der Waals surface area contributed by atoms with Crippen molar-refractivity contribution in [2.75, 3.05) is 6.61 Å². The van der Waals surface area contributed by atoms with Gasteiger partial charge in [0.15, 0.2) is 6.29 Å². The van der Waals surface area contributed by atoms with Gasteiger partial charge in [0.05, 0.1) is 12.2 Å². The van der Waals surface area contributed by atoms with Gasteiger partial charge in [-0.15, -0.1) is 0 Å². The zero-order chi connectivity index (χ0) is 11.4. The normalized spacial score (nSPS) is 30.9. The van der Waals surface area contributed by atoms with Crippen LogP contribution in [0.15, 0.2) is 0 Å². The average molecular weight is 218 g/mol. The molecule has 0 aromatic heterocycles. The second-order valence-corrected chi connectivity index (χ2v) is 3.91. The Hall–Kier alpha value is -0.650. The number of hydrogen-bond acceptors (Lipinski definition) is 5. The average Bonchev–Trinajstić information content (AvgIpc) is 2.43. The molecule has 1 fully saturated rings. The predicted molar refractivity (Wildman–Crippen MR) is 52.1 cm³/mol. The van der Waals surface area contributed by atoms with Crippen LogP contribution in [0.5, 0.6) is 0 Å². The van der Waals surface area contributed by atoms with Gasteiger partial charge in [-0.1, -0.05) is 0 Å². The summed E-state index contributed by atoms with van der Waals surface area (Å²) in [5.74, 6) is -0.346. The van der Waals surface area contributed by atoms with E-state index in [2.05, 4.69) is 0 Å². The Morgan fingerprint density at radius 3 is 2.80 bits per heavy atom. The molecular weight excluding hydrogens is 200 g/mol. The van der Waals surface area contributed by atoms with Gasteiger partial charge >= 0.3 is 5.97 Å². The van der Waals surface area contributed by atoms with Crippen molar-refractivity contribution in [2.24, 2.45) is 0 Å². The number of rotatable bonds is 4. The maximum atomic E-state index is 10.6. The molecule has 5 nitrogen and oxygen atoms in total. The Morgan fingerprint density at radius 2 is 2.27 bits per heavy atom. The van der Waals surface area contributed by atoms with E-state index in [1.807, 2.05) is 13.8 Å². The van der Waals surface area contributed by atoms with Crippen molar-refractivity contribution in [3.8, 4) is 0 Å². The standard InChI is InChI=1S/C10H18O5/c1-6(2)14-9-4-8(15-10(9)12)5-13-7(3)11/h6,8-10,12H,4-5H2,1-3H3/t8-,9+,10-/m0/s1. The van der Waals surface area contributed by atoms with Gasteiger partial charge in [0.1, 0.15) is 12.7 Å². The molecule has 0 amide bonds. The van der Waals surface area contributed by atoms with Gasteiger partial charge < -0.3 is 19.3 Å². The first-order chi connectivity index (χ1) is 6.99. The van der Waals surface area contributed by atoms with Crippen LogP contribution in [0.1, 0.15) is 27.2 Å². The van der Waals surface area contributed by atoms with Crippen molar-refractivity contribution in [3.63, 3.8) is 0 Å².